The fourth-order valence-corrected chi connectivity index (χ4v) is 4.29. The van der Waals surface area contributed by atoms with Crippen LogP contribution in [0.5, 0.6) is 11.5 Å². The molecule has 30 heavy (non-hydrogen) atoms. The Bertz CT molecular complexity index is 1020. The number of nitrogens with one attached hydrogen (secondary N) is 1. The Morgan fingerprint density at radius 1 is 1.10 bits per heavy atom. The third kappa shape index (κ3) is 5.56. The van der Waals surface area contributed by atoms with Gasteiger partial charge in [-0.05, 0) is 47.9 Å². The monoisotopic (exact) mass is 433 g/mol. The van der Waals surface area contributed by atoms with Crippen LogP contribution >= 0.6 is 0 Å². The Kier molecular flexibility index (Phi) is 7.03. The van der Waals surface area contributed by atoms with Crippen LogP contribution in [0.4, 0.5) is 0 Å². The smallest absolute Gasteiger partial charge is 0.243 e. The summed E-state index contributed by atoms with van der Waals surface area (Å²) in [6.07, 6.45) is 1.95. The second-order valence-electron chi connectivity index (χ2n) is 6.70. The van der Waals surface area contributed by atoms with Crippen LogP contribution in [-0.4, -0.2) is 61.4 Å². The molecule has 0 aliphatic carbocycles. The summed E-state index contributed by atoms with van der Waals surface area (Å²) in [5, 5.41) is 22.5. The van der Waals surface area contributed by atoms with Gasteiger partial charge in [0, 0.05) is 19.5 Å². The number of carbonyl (C=O) groups is 1. The molecule has 0 aromatic heterocycles. The number of carbonyl (C=O) groups excluding carboxylic acids is 1. The fraction of sp³-hybridized carbons (Fsp3) is 0.300. The Morgan fingerprint density at radius 3 is 2.47 bits per heavy atom. The van der Waals surface area contributed by atoms with E-state index >= 15 is 0 Å². The number of hydrogen-bond acceptors (Lipinski definition) is 7. The summed E-state index contributed by atoms with van der Waals surface area (Å²) in [5.41, 5.74) is 3.73. The van der Waals surface area contributed by atoms with E-state index in [-0.39, 0.29) is 28.7 Å². The summed E-state index contributed by atoms with van der Waals surface area (Å²) in [6, 6.07) is 10.7. The number of benzene rings is 2. The summed E-state index contributed by atoms with van der Waals surface area (Å²) < 4.78 is 31.8. The maximum Gasteiger partial charge on any atom is 0.243 e. The summed E-state index contributed by atoms with van der Waals surface area (Å²) in [5.74, 6) is -0.816. The van der Waals surface area contributed by atoms with Crippen LogP contribution in [0.2, 0.25) is 0 Å². The predicted octanol–water partition coefficient (Wildman–Crippen LogP) is 1.20. The van der Waals surface area contributed by atoms with Crippen LogP contribution in [0.25, 0.3) is 0 Å². The van der Waals surface area contributed by atoms with E-state index < -0.39 is 10.0 Å². The first-order valence-electron chi connectivity index (χ1n) is 9.37. The lowest BCUT2D eigenvalue weighted by Gasteiger charge is -2.26. The average Bonchev–Trinajstić information content (AvgIpc) is 2.76. The molecule has 0 spiro atoms. The van der Waals surface area contributed by atoms with Gasteiger partial charge in [-0.1, -0.05) is 12.1 Å². The Morgan fingerprint density at radius 2 is 1.80 bits per heavy atom. The molecule has 1 heterocycles. The quantitative estimate of drug-likeness (QED) is 0.342. The van der Waals surface area contributed by atoms with Crippen molar-refractivity contribution in [2.24, 2.45) is 5.10 Å². The number of phenolic OH excluding ortho intramolecular Hbond substituents is 2. The predicted molar refractivity (Wildman–Crippen MR) is 110 cm³/mol. The van der Waals surface area contributed by atoms with Crippen molar-refractivity contribution >= 4 is 22.1 Å². The Balaban J connectivity index is 1.50. The van der Waals surface area contributed by atoms with Crippen LogP contribution in [-0.2, 0) is 26.0 Å². The number of aromatic hydroxyl groups is 2. The van der Waals surface area contributed by atoms with Crippen LogP contribution in [0.3, 0.4) is 0 Å². The number of ether oxygens (including phenoxy) is 1. The molecular weight excluding hydrogens is 410 g/mol. The summed E-state index contributed by atoms with van der Waals surface area (Å²) in [4.78, 5) is 12.2. The van der Waals surface area contributed by atoms with Gasteiger partial charge in [0.2, 0.25) is 15.9 Å². The van der Waals surface area contributed by atoms with E-state index in [2.05, 4.69) is 10.5 Å². The molecule has 2 aromatic carbocycles. The van der Waals surface area contributed by atoms with Gasteiger partial charge in [0.15, 0.2) is 11.5 Å². The number of nitrogens with zero attached hydrogens (tertiary/aromatic N) is 2. The molecule has 1 aliphatic heterocycles. The third-order valence-corrected chi connectivity index (χ3v) is 6.49. The minimum Gasteiger partial charge on any atom is -0.504 e. The topological polar surface area (TPSA) is 129 Å². The summed E-state index contributed by atoms with van der Waals surface area (Å²) in [6.45, 7) is 1.47. The molecule has 9 nitrogen and oxygen atoms in total. The van der Waals surface area contributed by atoms with E-state index in [9.17, 15) is 23.4 Å². The molecule has 160 valence electrons. The van der Waals surface area contributed by atoms with Gasteiger partial charge in [-0.25, -0.2) is 13.8 Å². The Labute approximate surface area is 174 Å². The zero-order valence-corrected chi connectivity index (χ0v) is 17.0. The highest BCUT2D eigenvalue weighted by atomic mass is 32.2. The lowest BCUT2D eigenvalue weighted by Crippen LogP contribution is -2.40. The molecule has 1 fully saturated rings. The van der Waals surface area contributed by atoms with Crippen molar-refractivity contribution in [1.82, 2.24) is 9.73 Å². The largest absolute Gasteiger partial charge is 0.504 e. The Hall–Kier alpha value is -2.95. The molecule has 3 N–H and O–H groups in total. The molecule has 1 saturated heterocycles. The van der Waals surface area contributed by atoms with E-state index in [1.165, 1.54) is 28.7 Å². The van der Waals surface area contributed by atoms with Crippen LogP contribution in [0.15, 0.2) is 52.5 Å². The van der Waals surface area contributed by atoms with Crippen molar-refractivity contribution in [1.29, 1.82) is 0 Å². The van der Waals surface area contributed by atoms with E-state index in [4.69, 9.17) is 4.74 Å². The molecule has 0 bridgehead atoms. The lowest BCUT2D eigenvalue weighted by atomic mass is 10.1. The maximum atomic E-state index is 12.6. The van der Waals surface area contributed by atoms with Gasteiger partial charge in [0.05, 0.1) is 24.3 Å². The van der Waals surface area contributed by atoms with Crippen molar-refractivity contribution in [2.45, 2.75) is 17.7 Å². The molecule has 0 saturated carbocycles. The lowest BCUT2D eigenvalue weighted by molar-refractivity contribution is -0.121. The molecule has 3 rings (SSSR count). The van der Waals surface area contributed by atoms with Crippen LogP contribution in [0, 0.1) is 0 Å². The molecule has 0 radical (unpaired) electrons. The molecule has 0 atom stereocenters. The second-order valence-corrected chi connectivity index (χ2v) is 8.64. The minimum atomic E-state index is -3.53. The van der Waals surface area contributed by atoms with Crippen LogP contribution < -0.4 is 5.43 Å². The van der Waals surface area contributed by atoms with Gasteiger partial charge in [-0.3, -0.25) is 4.79 Å². The van der Waals surface area contributed by atoms with E-state index in [1.54, 1.807) is 24.3 Å². The zero-order chi connectivity index (χ0) is 21.6. The SMILES string of the molecule is O=C(CCc1ccc(S(=O)(=O)N2CCOCC2)cc1)N/N=C/c1ccc(O)c(O)c1. The normalized spacial score (nSPS) is 15.3. The number of morpholine rings is 1. The molecule has 2 aromatic rings. The second kappa shape index (κ2) is 9.70. The third-order valence-electron chi connectivity index (χ3n) is 4.57. The number of hydrazone groups is 1. The maximum absolute atomic E-state index is 12.6. The standard InChI is InChI=1S/C20H23N3O6S/c24-18-7-3-16(13-19(18)25)14-21-22-20(26)8-4-15-1-5-17(6-2-15)30(27,28)23-9-11-29-12-10-23/h1-3,5-7,13-14,24-25H,4,8-12H2,(H,22,26)/b21-14+. The highest BCUT2D eigenvalue weighted by molar-refractivity contribution is 7.89. The number of sulfonamides is 1. The average molecular weight is 433 g/mol. The zero-order valence-electron chi connectivity index (χ0n) is 16.2. The van der Waals surface area contributed by atoms with E-state index in [1.807, 2.05) is 0 Å². The van der Waals surface area contributed by atoms with Gasteiger partial charge in [-0.2, -0.15) is 9.41 Å². The van der Waals surface area contributed by atoms with Crippen molar-refractivity contribution in [2.75, 3.05) is 26.3 Å². The number of aryl methyl sites for hydroxylation is 1. The number of phenols is 2. The highest BCUT2D eigenvalue weighted by Crippen LogP contribution is 2.24. The van der Waals surface area contributed by atoms with Gasteiger partial charge in [0.25, 0.3) is 0 Å². The number of rotatable bonds is 7. The first-order chi connectivity index (χ1) is 14.4. The number of amides is 1. The minimum absolute atomic E-state index is 0.174. The van der Waals surface area contributed by atoms with Crippen molar-refractivity contribution in [3.8, 4) is 11.5 Å². The highest BCUT2D eigenvalue weighted by Gasteiger charge is 2.26. The molecule has 1 aliphatic rings. The summed E-state index contributed by atoms with van der Waals surface area (Å²) >= 11 is 0. The first-order valence-corrected chi connectivity index (χ1v) is 10.8. The fourth-order valence-electron chi connectivity index (χ4n) is 2.88. The van der Waals surface area contributed by atoms with Gasteiger partial charge in [-0.15, -0.1) is 0 Å². The van der Waals surface area contributed by atoms with Gasteiger partial charge >= 0.3 is 0 Å². The molecular formula is C20H23N3O6S. The summed E-state index contributed by atoms with van der Waals surface area (Å²) in [7, 11) is -3.53. The number of hydrogen-bond donors (Lipinski definition) is 3. The van der Waals surface area contributed by atoms with Crippen molar-refractivity contribution < 1.29 is 28.2 Å². The first kappa shape index (κ1) is 21.8. The molecule has 10 heteroatoms. The van der Waals surface area contributed by atoms with Gasteiger partial charge in [0.1, 0.15) is 0 Å². The van der Waals surface area contributed by atoms with Crippen molar-refractivity contribution in [3.05, 3.63) is 53.6 Å². The van der Waals surface area contributed by atoms with Crippen LogP contribution in [0.1, 0.15) is 17.5 Å². The van der Waals surface area contributed by atoms with Crippen molar-refractivity contribution in [3.63, 3.8) is 0 Å². The molecule has 0 unspecified atom stereocenters. The van der Waals surface area contributed by atoms with Gasteiger partial charge < -0.3 is 14.9 Å². The van der Waals surface area contributed by atoms with E-state index in [0.29, 0.717) is 38.3 Å². The molecule has 1 amide bonds. The van der Waals surface area contributed by atoms with E-state index in [0.717, 1.165) is 5.56 Å².